The summed E-state index contributed by atoms with van der Waals surface area (Å²) in [6.07, 6.45) is -11.0. The number of ketones is 1. The van der Waals surface area contributed by atoms with Crippen molar-refractivity contribution in [3.05, 3.63) is 0 Å². The maximum absolute atomic E-state index is 13.1. The van der Waals surface area contributed by atoms with E-state index in [1.165, 1.54) is 0 Å². The minimum Gasteiger partial charge on any atom is -0.743 e. The van der Waals surface area contributed by atoms with Gasteiger partial charge in [0.15, 0.2) is 10.1 Å². The van der Waals surface area contributed by atoms with Gasteiger partial charge < -0.3 is 9.29 Å². The van der Waals surface area contributed by atoms with E-state index in [1.807, 2.05) is 0 Å². The smallest absolute Gasteiger partial charge is 0.432 e. The van der Waals surface area contributed by atoms with Crippen LogP contribution in [-0.2, 0) is 24.4 Å². The summed E-state index contributed by atoms with van der Waals surface area (Å²) >= 11 is 0. The number of ether oxygens (including phenoxy) is 1. The van der Waals surface area contributed by atoms with Gasteiger partial charge in [-0.1, -0.05) is 0 Å². The van der Waals surface area contributed by atoms with Gasteiger partial charge in [0, 0.05) is 12.8 Å². The van der Waals surface area contributed by atoms with E-state index in [1.54, 1.807) is 0 Å². The molecule has 1 aliphatic carbocycles. The number of rotatable bonds is 4. The predicted octanol–water partition coefficient (Wildman–Crippen LogP) is 1.36. The molecule has 1 aliphatic rings. The van der Waals surface area contributed by atoms with E-state index < -0.39 is 39.5 Å². The summed E-state index contributed by atoms with van der Waals surface area (Å²) in [6, 6.07) is 0. The van der Waals surface area contributed by atoms with Crippen molar-refractivity contribution in [2.75, 3.05) is 0 Å². The molecular weight excluding hydrogens is 343 g/mol. The van der Waals surface area contributed by atoms with Crippen molar-refractivity contribution in [1.29, 1.82) is 0 Å². The third kappa shape index (κ3) is 4.12. The molecule has 0 heterocycles. The number of Topliss-reactive ketones (excluding diaryl/α,β-unsaturated/α-hetero) is 1. The molecule has 0 aromatic heterocycles. The molecule has 0 radical (unpaired) electrons. The Bertz CT molecular complexity index is 545. The van der Waals surface area contributed by atoms with Crippen LogP contribution in [0, 0.1) is 5.92 Å². The molecule has 0 bridgehead atoms. The summed E-state index contributed by atoms with van der Waals surface area (Å²) in [5.74, 6) is -3.21. The first kappa shape index (κ1) is 18.7. The van der Waals surface area contributed by atoms with Gasteiger partial charge in [-0.15, -0.1) is 0 Å². The molecule has 0 saturated heterocycles. The topological polar surface area (TPSA) is 101 Å². The van der Waals surface area contributed by atoms with Crippen LogP contribution in [0.15, 0.2) is 0 Å². The average Bonchev–Trinajstić information content (AvgIpc) is 2.33. The SMILES string of the molecule is O=C1CCC(C(=O)OC(C(F)(F)F)C(F)(F)S(=O)(=O)[O-])CC1. The highest BCUT2D eigenvalue weighted by Crippen LogP contribution is 2.39. The second kappa shape index (κ2) is 6.07. The van der Waals surface area contributed by atoms with Crippen molar-refractivity contribution in [3.8, 4) is 0 Å². The first-order valence-corrected chi connectivity index (χ1v) is 7.29. The molecule has 1 saturated carbocycles. The minimum absolute atomic E-state index is 0.132. The fourth-order valence-corrected chi connectivity index (χ4v) is 2.29. The molecule has 6 nitrogen and oxygen atoms in total. The maximum Gasteiger partial charge on any atom is 0.432 e. The maximum atomic E-state index is 13.1. The standard InChI is InChI=1S/C10H11F5O6S/c11-9(12,13)8(10(14,15)22(18,19)20)21-7(17)5-1-3-6(16)4-2-5/h5,8H,1-4H2,(H,18,19,20)/p-1. The van der Waals surface area contributed by atoms with E-state index in [9.17, 15) is 44.5 Å². The van der Waals surface area contributed by atoms with Crippen LogP contribution in [0.2, 0.25) is 0 Å². The number of esters is 1. The van der Waals surface area contributed by atoms with Crippen LogP contribution < -0.4 is 0 Å². The van der Waals surface area contributed by atoms with Crippen molar-refractivity contribution in [2.45, 2.75) is 43.2 Å². The zero-order valence-corrected chi connectivity index (χ0v) is 11.5. The Balaban J connectivity index is 2.96. The lowest BCUT2D eigenvalue weighted by atomic mass is 9.88. The lowest BCUT2D eigenvalue weighted by Gasteiger charge is -2.31. The summed E-state index contributed by atoms with van der Waals surface area (Å²) in [6.45, 7) is 0. The van der Waals surface area contributed by atoms with Crippen LogP contribution in [0.1, 0.15) is 25.7 Å². The molecule has 1 atom stereocenters. The number of hydrogen-bond acceptors (Lipinski definition) is 6. The molecule has 128 valence electrons. The number of alkyl halides is 5. The highest BCUT2D eigenvalue weighted by atomic mass is 32.2. The first-order chi connectivity index (χ1) is 9.76. The van der Waals surface area contributed by atoms with Crippen molar-refractivity contribution in [2.24, 2.45) is 5.92 Å². The molecule has 0 amide bonds. The molecule has 22 heavy (non-hydrogen) atoms. The quantitative estimate of drug-likeness (QED) is 0.430. The van der Waals surface area contributed by atoms with Gasteiger partial charge in [0.05, 0.1) is 5.92 Å². The molecule has 0 N–H and O–H groups in total. The monoisotopic (exact) mass is 353 g/mol. The third-order valence-corrected chi connectivity index (χ3v) is 3.93. The fraction of sp³-hybridized carbons (Fsp3) is 0.800. The zero-order chi connectivity index (χ0) is 17.3. The fourth-order valence-electron chi connectivity index (χ4n) is 1.84. The Kier molecular flexibility index (Phi) is 5.17. The van der Waals surface area contributed by atoms with E-state index in [0.29, 0.717) is 0 Å². The first-order valence-electron chi connectivity index (χ1n) is 5.89. The summed E-state index contributed by atoms with van der Waals surface area (Å²) < 4.78 is 98.3. The summed E-state index contributed by atoms with van der Waals surface area (Å²) in [4.78, 5) is 22.4. The molecule has 0 spiro atoms. The third-order valence-electron chi connectivity index (χ3n) is 3.05. The van der Waals surface area contributed by atoms with Gasteiger partial charge in [0.25, 0.3) is 6.10 Å². The van der Waals surface area contributed by atoms with Crippen LogP contribution in [0.3, 0.4) is 0 Å². The van der Waals surface area contributed by atoms with Crippen molar-refractivity contribution >= 4 is 21.9 Å². The second-order valence-corrected chi connectivity index (χ2v) is 6.14. The molecule has 12 heteroatoms. The van der Waals surface area contributed by atoms with Crippen molar-refractivity contribution < 1.29 is 49.2 Å². The highest BCUT2D eigenvalue weighted by Gasteiger charge is 2.63. The number of hydrogen-bond donors (Lipinski definition) is 0. The minimum atomic E-state index is -6.70. The van der Waals surface area contributed by atoms with Crippen LogP contribution in [0.25, 0.3) is 0 Å². The van der Waals surface area contributed by atoms with E-state index in [4.69, 9.17) is 0 Å². The predicted molar refractivity (Wildman–Crippen MR) is 57.5 cm³/mol. The van der Waals surface area contributed by atoms with E-state index >= 15 is 0 Å². The molecule has 0 aromatic rings. The zero-order valence-electron chi connectivity index (χ0n) is 10.7. The molecule has 0 aliphatic heterocycles. The summed E-state index contributed by atoms with van der Waals surface area (Å²) in [5, 5.41) is -5.86. The Labute approximate surface area is 121 Å². The summed E-state index contributed by atoms with van der Waals surface area (Å²) in [7, 11) is -6.70. The van der Waals surface area contributed by atoms with Crippen LogP contribution in [-0.4, -0.2) is 42.3 Å². The van der Waals surface area contributed by atoms with Gasteiger partial charge in [0.2, 0.25) is 0 Å². The lowest BCUT2D eigenvalue weighted by Crippen LogP contribution is -2.52. The average molecular weight is 353 g/mol. The van der Waals surface area contributed by atoms with Gasteiger partial charge in [0.1, 0.15) is 5.78 Å². The lowest BCUT2D eigenvalue weighted by molar-refractivity contribution is -0.261. The molecule has 1 rings (SSSR count). The van der Waals surface area contributed by atoms with Crippen LogP contribution in [0.5, 0.6) is 0 Å². The Morgan fingerprint density at radius 2 is 1.64 bits per heavy atom. The van der Waals surface area contributed by atoms with Crippen molar-refractivity contribution in [3.63, 3.8) is 0 Å². The number of halogens is 5. The van der Waals surface area contributed by atoms with E-state index in [0.717, 1.165) is 0 Å². The van der Waals surface area contributed by atoms with Crippen LogP contribution in [0.4, 0.5) is 22.0 Å². The second-order valence-electron chi connectivity index (χ2n) is 4.69. The molecule has 1 unspecified atom stereocenters. The van der Waals surface area contributed by atoms with Crippen LogP contribution >= 0.6 is 0 Å². The van der Waals surface area contributed by atoms with Gasteiger partial charge in [-0.3, -0.25) is 9.59 Å². The van der Waals surface area contributed by atoms with Gasteiger partial charge in [-0.05, 0) is 12.8 Å². The largest absolute Gasteiger partial charge is 0.743 e. The Hall–Kier alpha value is -1.30. The Morgan fingerprint density at radius 1 is 1.18 bits per heavy atom. The molecule has 0 aromatic carbocycles. The summed E-state index contributed by atoms with van der Waals surface area (Å²) in [5.41, 5.74) is 0. The van der Waals surface area contributed by atoms with E-state index in [-0.39, 0.29) is 31.5 Å². The van der Waals surface area contributed by atoms with Gasteiger partial charge >= 0.3 is 17.4 Å². The number of carbonyl (C=O) groups excluding carboxylic acids is 2. The molecular formula is C10H10F5O6S-. The molecule has 1 fully saturated rings. The number of carbonyl (C=O) groups is 2. The van der Waals surface area contributed by atoms with Crippen molar-refractivity contribution in [1.82, 2.24) is 0 Å². The Morgan fingerprint density at radius 3 is 2.00 bits per heavy atom. The highest BCUT2D eigenvalue weighted by molar-refractivity contribution is 7.86. The van der Waals surface area contributed by atoms with E-state index in [2.05, 4.69) is 4.74 Å². The van der Waals surface area contributed by atoms with Gasteiger partial charge in [-0.2, -0.15) is 22.0 Å². The van der Waals surface area contributed by atoms with Gasteiger partial charge in [-0.25, -0.2) is 8.42 Å². The normalized spacial score (nSPS) is 19.8.